The summed E-state index contributed by atoms with van der Waals surface area (Å²) >= 11 is 0. The van der Waals surface area contributed by atoms with Gasteiger partial charge < -0.3 is 17.0 Å². The molecule has 0 spiro atoms. The molecule has 0 unspecified atom stereocenters. The molecular formula is C11H21BrN2. The van der Waals surface area contributed by atoms with Crippen LogP contribution >= 0.6 is 0 Å². The lowest BCUT2D eigenvalue weighted by atomic mass is 10.1. The van der Waals surface area contributed by atoms with Crippen molar-refractivity contribution < 1.29 is 21.5 Å². The van der Waals surface area contributed by atoms with Crippen molar-refractivity contribution in [2.24, 2.45) is 7.05 Å². The lowest BCUT2D eigenvalue weighted by Gasteiger charge is -1.97. The molecule has 0 aliphatic rings. The minimum absolute atomic E-state index is 0. The molecular weight excluding hydrogens is 240 g/mol. The molecule has 1 aromatic rings. The fourth-order valence-corrected chi connectivity index (χ4v) is 1.57. The lowest BCUT2D eigenvalue weighted by molar-refractivity contribution is -0.683. The van der Waals surface area contributed by atoms with Crippen LogP contribution in [-0.4, -0.2) is 4.98 Å². The highest BCUT2D eigenvalue weighted by molar-refractivity contribution is 4.89. The van der Waals surface area contributed by atoms with Crippen LogP contribution < -0.4 is 21.5 Å². The van der Waals surface area contributed by atoms with Crippen LogP contribution in [0, 0.1) is 6.92 Å². The predicted octanol–water partition coefficient (Wildman–Crippen LogP) is -0.726. The number of imidazole rings is 1. The molecule has 1 heterocycles. The van der Waals surface area contributed by atoms with E-state index >= 15 is 0 Å². The van der Waals surface area contributed by atoms with Gasteiger partial charge in [0.15, 0.2) is 0 Å². The van der Waals surface area contributed by atoms with Gasteiger partial charge in [-0.1, -0.05) is 26.2 Å². The molecule has 0 radical (unpaired) electrons. The molecule has 0 aromatic carbocycles. The second kappa shape index (κ2) is 7.04. The van der Waals surface area contributed by atoms with E-state index in [1.54, 1.807) is 0 Å². The zero-order chi connectivity index (χ0) is 9.68. The van der Waals surface area contributed by atoms with Gasteiger partial charge in [-0.3, -0.25) is 0 Å². The molecule has 2 nitrogen and oxygen atoms in total. The Labute approximate surface area is 97.5 Å². The average molecular weight is 261 g/mol. The van der Waals surface area contributed by atoms with Gasteiger partial charge in [-0.05, 0) is 6.42 Å². The first-order chi connectivity index (χ1) is 6.25. The topological polar surface area (TPSA) is 19.7 Å². The van der Waals surface area contributed by atoms with E-state index < -0.39 is 0 Å². The standard InChI is InChI=1S/C11H20N2.BrH/c1-4-5-6-7-8-11-9-12-10(2)13(11)3;/h9H,4-8H2,1-3H3;1H. The molecule has 0 bridgehead atoms. The summed E-state index contributed by atoms with van der Waals surface area (Å²) in [5, 5.41) is 0. The summed E-state index contributed by atoms with van der Waals surface area (Å²) in [6, 6.07) is 0. The van der Waals surface area contributed by atoms with E-state index in [4.69, 9.17) is 0 Å². The van der Waals surface area contributed by atoms with Gasteiger partial charge in [0, 0.05) is 13.3 Å². The van der Waals surface area contributed by atoms with Crippen LogP contribution in [0.3, 0.4) is 0 Å². The number of H-pyrrole nitrogens is 1. The summed E-state index contributed by atoms with van der Waals surface area (Å²) < 4.78 is 2.24. The number of aromatic amines is 1. The van der Waals surface area contributed by atoms with Gasteiger partial charge in [-0.2, -0.15) is 0 Å². The Kier molecular flexibility index (Phi) is 6.89. The number of halogens is 1. The normalized spacial score (nSPS) is 9.93. The molecule has 1 rings (SSSR count). The summed E-state index contributed by atoms with van der Waals surface area (Å²) in [4.78, 5) is 3.24. The van der Waals surface area contributed by atoms with Crippen LogP contribution in [0.4, 0.5) is 0 Å². The number of aromatic nitrogens is 2. The van der Waals surface area contributed by atoms with Crippen LogP contribution in [0.5, 0.6) is 0 Å². The zero-order valence-corrected chi connectivity index (χ0v) is 11.0. The van der Waals surface area contributed by atoms with Gasteiger partial charge >= 0.3 is 0 Å². The number of rotatable bonds is 5. The van der Waals surface area contributed by atoms with Crippen LogP contribution in [0.15, 0.2) is 6.20 Å². The fraction of sp³-hybridized carbons (Fsp3) is 0.727. The van der Waals surface area contributed by atoms with Crippen molar-refractivity contribution in [2.45, 2.75) is 46.0 Å². The largest absolute Gasteiger partial charge is 1.00 e. The number of hydrogen-bond donors (Lipinski definition) is 1. The smallest absolute Gasteiger partial charge is 0.251 e. The number of nitrogens with one attached hydrogen (secondary N) is 1. The molecule has 1 N–H and O–H groups in total. The van der Waals surface area contributed by atoms with E-state index in [-0.39, 0.29) is 17.0 Å². The van der Waals surface area contributed by atoms with E-state index in [9.17, 15) is 0 Å². The number of hydrogen-bond acceptors (Lipinski definition) is 0. The van der Waals surface area contributed by atoms with Crippen LogP contribution in [0.2, 0.25) is 0 Å². The van der Waals surface area contributed by atoms with E-state index in [1.807, 2.05) is 0 Å². The first-order valence-corrected chi connectivity index (χ1v) is 5.28. The van der Waals surface area contributed by atoms with Gasteiger partial charge in [0.1, 0.15) is 11.9 Å². The first-order valence-electron chi connectivity index (χ1n) is 5.28. The fourth-order valence-electron chi connectivity index (χ4n) is 1.57. The Morgan fingerprint density at radius 3 is 2.50 bits per heavy atom. The van der Waals surface area contributed by atoms with E-state index in [0.29, 0.717) is 0 Å². The Morgan fingerprint density at radius 2 is 2.00 bits per heavy atom. The van der Waals surface area contributed by atoms with E-state index in [2.05, 4.69) is 36.6 Å². The van der Waals surface area contributed by atoms with Crippen molar-refractivity contribution in [3.05, 3.63) is 17.7 Å². The minimum atomic E-state index is 0. The number of unbranched alkanes of at least 4 members (excludes halogenated alkanes) is 3. The van der Waals surface area contributed by atoms with Crippen molar-refractivity contribution in [2.75, 3.05) is 0 Å². The van der Waals surface area contributed by atoms with Gasteiger partial charge in [-0.15, -0.1) is 0 Å². The third-order valence-corrected chi connectivity index (χ3v) is 2.67. The lowest BCUT2D eigenvalue weighted by Crippen LogP contribution is -3.00. The summed E-state index contributed by atoms with van der Waals surface area (Å²) in [5.41, 5.74) is 1.42. The molecule has 0 fully saturated rings. The van der Waals surface area contributed by atoms with Crippen molar-refractivity contribution in [1.82, 2.24) is 4.98 Å². The van der Waals surface area contributed by atoms with E-state index in [0.717, 1.165) is 0 Å². The van der Waals surface area contributed by atoms with Crippen molar-refractivity contribution >= 4 is 0 Å². The second-order valence-electron chi connectivity index (χ2n) is 3.74. The van der Waals surface area contributed by atoms with Gasteiger partial charge in [0.2, 0.25) is 0 Å². The highest BCUT2D eigenvalue weighted by Crippen LogP contribution is 2.04. The molecule has 14 heavy (non-hydrogen) atoms. The molecule has 0 amide bonds. The SMILES string of the molecule is CCCCCCc1c[nH]c(C)[n+]1C.[Br-]. The van der Waals surface area contributed by atoms with Crippen molar-refractivity contribution in [1.29, 1.82) is 0 Å². The Balaban J connectivity index is 0.00000169. The third-order valence-electron chi connectivity index (χ3n) is 2.67. The molecule has 0 saturated carbocycles. The molecule has 0 aliphatic heterocycles. The Bertz CT molecular complexity index is 256. The first kappa shape index (κ1) is 13.7. The Morgan fingerprint density at radius 1 is 1.29 bits per heavy atom. The maximum absolute atomic E-state index is 3.24. The minimum Gasteiger partial charge on any atom is -1.00 e. The van der Waals surface area contributed by atoms with Crippen molar-refractivity contribution in [3.63, 3.8) is 0 Å². The van der Waals surface area contributed by atoms with Crippen molar-refractivity contribution in [3.8, 4) is 0 Å². The summed E-state index contributed by atoms with van der Waals surface area (Å²) in [5.74, 6) is 1.24. The molecule has 3 heteroatoms. The number of aryl methyl sites for hydroxylation is 2. The highest BCUT2D eigenvalue weighted by atomic mass is 79.9. The summed E-state index contributed by atoms with van der Waals surface area (Å²) in [6.07, 6.45) is 8.70. The maximum Gasteiger partial charge on any atom is 0.251 e. The van der Waals surface area contributed by atoms with Gasteiger partial charge in [0.05, 0.1) is 7.05 Å². The molecule has 82 valence electrons. The Hall–Kier alpha value is -0.310. The molecule has 0 atom stereocenters. The quantitative estimate of drug-likeness (QED) is 0.533. The second-order valence-corrected chi connectivity index (χ2v) is 3.74. The summed E-state index contributed by atoms with van der Waals surface area (Å²) in [7, 11) is 2.13. The van der Waals surface area contributed by atoms with Gasteiger partial charge in [-0.25, -0.2) is 9.55 Å². The van der Waals surface area contributed by atoms with E-state index in [1.165, 1.54) is 43.6 Å². The van der Waals surface area contributed by atoms with Crippen LogP contribution in [0.1, 0.15) is 44.1 Å². The van der Waals surface area contributed by atoms with Crippen LogP contribution in [0.25, 0.3) is 0 Å². The summed E-state index contributed by atoms with van der Waals surface area (Å²) in [6.45, 7) is 4.36. The number of nitrogens with zero attached hydrogens (tertiary/aromatic N) is 1. The third kappa shape index (κ3) is 3.82. The highest BCUT2D eigenvalue weighted by Gasteiger charge is 2.08. The van der Waals surface area contributed by atoms with Crippen LogP contribution in [-0.2, 0) is 13.5 Å². The monoisotopic (exact) mass is 260 g/mol. The van der Waals surface area contributed by atoms with Gasteiger partial charge in [0.25, 0.3) is 5.82 Å². The zero-order valence-electron chi connectivity index (χ0n) is 9.44. The molecule has 0 aliphatic carbocycles. The average Bonchev–Trinajstić information content (AvgIpc) is 2.43. The predicted molar refractivity (Wildman–Crippen MR) is 54.6 cm³/mol. The maximum atomic E-state index is 3.24. The molecule has 1 aromatic heterocycles. The molecule has 0 saturated heterocycles.